The van der Waals surface area contributed by atoms with Crippen LogP contribution in [0.5, 0.6) is 5.75 Å². The number of nitro groups is 1. The number of benzene rings is 2. The molecule has 0 radical (unpaired) electrons. The highest BCUT2D eigenvalue weighted by Crippen LogP contribution is 2.15. The van der Waals surface area contributed by atoms with Crippen molar-refractivity contribution >= 4 is 17.5 Å². The number of carbonyl (C=O) groups excluding carboxylic acids is 1. The fourth-order valence-corrected chi connectivity index (χ4v) is 1.67. The van der Waals surface area contributed by atoms with Gasteiger partial charge in [-0.2, -0.15) is 0 Å². The topological polar surface area (TPSA) is 80.4 Å². The quantitative estimate of drug-likeness (QED) is 0.400. The lowest BCUT2D eigenvalue weighted by molar-refractivity contribution is -0.384. The molecule has 1 N–H and O–H groups in total. The summed E-state index contributed by atoms with van der Waals surface area (Å²) >= 11 is 0. The van der Waals surface area contributed by atoms with Crippen LogP contribution in [0.15, 0.2) is 54.6 Å². The van der Waals surface area contributed by atoms with Crippen LogP contribution in [0, 0.1) is 10.1 Å². The Balaban J connectivity index is 2.19. The molecule has 20 heavy (non-hydrogen) atoms. The van der Waals surface area contributed by atoms with Gasteiger partial charge in [0.15, 0.2) is 5.78 Å². The molecule has 0 saturated carbocycles. The molecule has 100 valence electrons. The minimum Gasteiger partial charge on any atom is -0.508 e. The predicted octanol–water partition coefficient (Wildman–Crippen LogP) is 3.20. The van der Waals surface area contributed by atoms with Gasteiger partial charge in [-0.05, 0) is 23.8 Å². The molecule has 0 fully saturated rings. The molecule has 0 amide bonds. The fraction of sp³-hybridized carbons (Fsp3) is 0. The molecule has 0 aromatic heterocycles. The number of hydrogen-bond acceptors (Lipinski definition) is 4. The van der Waals surface area contributed by atoms with Crippen LogP contribution in [-0.2, 0) is 0 Å². The number of aromatic hydroxyl groups is 1. The van der Waals surface area contributed by atoms with Gasteiger partial charge in [0.2, 0.25) is 0 Å². The van der Waals surface area contributed by atoms with Gasteiger partial charge in [-0.15, -0.1) is 0 Å². The van der Waals surface area contributed by atoms with Gasteiger partial charge in [-0.25, -0.2) is 0 Å². The van der Waals surface area contributed by atoms with E-state index in [2.05, 4.69) is 0 Å². The van der Waals surface area contributed by atoms with Crippen molar-refractivity contribution in [1.82, 2.24) is 0 Å². The summed E-state index contributed by atoms with van der Waals surface area (Å²) in [6, 6.07) is 12.0. The summed E-state index contributed by atoms with van der Waals surface area (Å²) in [6.07, 6.45) is 2.81. The van der Waals surface area contributed by atoms with E-state index in [1.807, 2.05) is 0 Å². The van der Waals surface area contributed by atoms with Gasteiger partial charge in [0, 0.05) is 17.7 Å². The Labute approximate surface area is 115 Å². The first kappa shape index (κ1) is 13.5. The van der Waals surface area contributed by atoms with Gasteiger partial charge in [0.25, 0.3) is 5.69 Å². The third-order valence-electron chi connectivity index (χ3n) is 2.64. The smallest absolute Gasteiger partial charge is 0.270 e. The monoisotopic (exact) mass is 269 g/mol. The minimum atomic E-state index is -0.492. The van der Waals surface area contributed by atoms with Crippen LogP contribution in [0.4, 0.5) is 5.69 Å². The summed E-state index contributed by atoms with van der Waals surface area (Å²) in [6.45, 7) is 0. The lowest BCUT2D eigenvalue weighted by atomic mass is 10.1. The first-order valence-electron chi connectivity index (χ1n) is 5.82. The molecule has 0 bridgehead atoms. The van der Waals surface area contributed by atoms with E-state index in [0.717, 1.165) is 0 Å². The van der Waals surface area contributed by atoms with E-state index < -0.39 is 4.92 Å². The number of non-ortho nitro benzene ring substituents is 1. The molecule has 0 aliphatic rings. The molecule has 0 aliphatic heterocycles. The van der Waals surface area contributed by atoms with E-state index in [9.17, 15) is 20.0 Å². The second-order valence-electron chi connectivity index (χ2n) is 4.10. The van der Waals surface area contributed by atoms with Crippen LogP contribution in [0.1, 0.15) is 15.9 Å². The number of carbonyl (C=O) groups is 1. The van der Waals surface area contributed by atoms with Crippen LogP contribution >= 0.6 is 0 Å². The molecule has 0 atom stereocenters. The maximum Gasteiger partial charge on any atom is 0.270 e. The molecular weight excluding hydrogens is 258 g/mol. The van der Waals surface area contributed by atoms with Crippen LogP contribution in [0.2, 0.25) is 0 Å². The average molecular weight is 269 g/mol. The molecule has 0 heterocycles. The number of hydrogen-bond donors (Lipinski definition) is 1. The van der Waals surface area contributed by atoms with E-state index in [1.54, 1.807) is 24.3 Å². The van der Waals surface area contributed by atoms with Gasteiger partial charge in [0.05, 0.1) is 4.92 Å². The van der Waals surface area contributed by atoms with Crippen LogP contribution in [0.25, 0.3) is 6.08 Å². The van der Waals surface area contributed by atoms with E-state index in [0.29, 0.717) is 11.1 Å². The molecule has 2 rings (SSSR count). The van der Waals surface area contributed by atoms with Crippen LogP contribution in [0.3, 0.4) is 0 Å². The Morgan fingerprint density at radius 2 is 1.90 bits per heavy atom. The van der Waals surface area contributed by atoms with Crippen molar-refractivity contribution in [2.45, 2.75) is 0 Å². The van der Waals surface area contributed by atoms with Crippen molar-refractivity contribution in [3.05, 3.63) is 75.8 Å². The van der Waals surface area contributed by atoms with E-state index in [-0.39, 0.29) is 17.2 Å². The Hall–Kier alpha value is -2.95. The predicted molar refractivity (Wildman–Crippen MR) is 74.6 cm³/mol. The maximum atomic E-state index is 11.9. The molecule has 5 nitrogen and oxygen atoms in total. The van der Waals surface area contributed by atoms with Gasteiger partial charge >= 0.3 is 0 Å². The second kappa shape index (κ2) is 5.79. The standard InChI is InChI=1S/C15H11NO4/c17-14-6-2-4-12(10-14)15(18)8-7-11-3-1-5-13(9-11)16(19)20/h1-10,17H/b8-7+. The molecule has 2 aromatic rings. The molecular formula is C15H11NO4. The van der Waals surface area contributed by atoms with Crippen molar-refractivity contribution in [2.75, 3.05) is 0 Å². The summed E-state index contributed by atoms with van der Waals surface area (Å²) in [5, 5.41) is 19.9. The number of nitro benzene ring substituents is 1. The maximum absolute atomic E-state index is 11.9. The first-order chi connectivity index (χ1) is 9.56. The van der Waals surface area contributed by atoms with E-state index >= 15 is 0 Å². The largest absolute Gasteiger partial charge is 0.508 e. The summed E-state index contributed by atoms with van der Waals surface area (Å²) in [5.41, 5.74) is 0.885. The van der Waals surface area contributed by atoms with Gasteiger partial charge < -0.3 is 5.11 Å². The molecule has 5 heteroatoms. The summed E-state index contributed by atoms with van der Waals surface area (Å²) in [4.78, 5) is 22.0. The molecule has 0 saturated heterocycles. The lowest BCUT2D eigenvalue weighted by Crippen LogP contribution is -1.93. The lowest BCUT2D eigenvalue weighted by Gasteiger charge is -1.97. The highest BCUT2D eigenvalue weighted by Gasteiger charge is 2.05. The highest BCUT2D eigenvalue weighted by atomic mass is 16.6. The van der Waals surface area contributed by atoms with Gasteiger partial charge in [-0.3, -0.25) is 14.9 Å². The number of phenolic OH excluding ortho intramolecular Hbond substituents is 1. The van der Waals surface area contributed by atoms with Crippen LogP contribution < -0.4 is 0 Å². The van der Waals surface area contributed by atoms with Gasteiger partial charge in [0.1, 0.15) is 5.75 Å². The summed E-state index contributed by atoms with van der Waals surface area (Å²) in [5.74, 6) is -0.271. The normalized spacial score (nSPS) is 10.6. The Morgan fingerprint density at radius 3 is 2.60 bits per heavy atom. The zero-order valence-electron chi connectivity index (χ0n) is 10.4. The third-order valence-corrected chi connectivity index (χ3v) is 2.64. The number of nitrogens with zero attached hydrogens (tertiary/aromatic N) is 1. The minimum absolute atomic E-state index is 0.0135. The van der Waals surface area contributed by atoms with Crippen molar-refractivity contribution < 1.29 is 14.8 Å². The van der Waals surface area contributed by atoms with Gasteiger partial charge in [-0.1, -0.05) is 30.3 Å². The number of ketones is 1. The molecule has 2 aromatic carbocycles. The fourth-order valence-electron chi connectivity index (χ4n) is 1.67. The molecule has 0 unspecified atom stereocenters. The highest BCUT2D eigenvalue weighted by molar-refractivity contribution is 6.07. The van der Waals surface area contributed by atoms with Crippen molar-refractivity contribution in [3.63, 3.8) is 0 Å². The van der Waals surface area contributed by atoms with Crippen molar-refractivity contribution in [1.29, 1.82) is 0 Å². The molecule has 0 aliphatic carbocycles. The Morgan fingerprint density at radius 1 is 1.15 bits per heavy atom. The van der Waals surface area contributed by atoms with Crippen molar-refractivity contribution in [2.24, 2.45) is 0 Å². The SMILES string of the molecule is O=C(/C=C/c1cccc([N+](=O)[O-])c1)c1cccc(O)c1. The molecule has 0 spiro atoms. The zero-order valence-corrected chi connectivity index (χ0v) is 10.4. The third kappa shape index (κ3) is 3.29. The summed E-state index contributed by atoms with van der Waals surface area (Å²) in [7, 11) is 0. The Kier molecular flexibility index (Phi) is 3.91. The number of allylic oxidation sites excluding steroid dienone is 1. The average Bonchev–Trinajstić information content (AvgIpc) is 2.45. The summed E-state index contributed by atoms with van der Waals surface area (Å²) < 4.78 is 0. The zero-order chi connectivity index (χ0) is 14.5. The first-order valence-corrected chi connectivity index (χ1v) is 5.82. The Bertz CT molecular complexity index is 692. The van der Waals surface area contributed by atoms with Crippen LogP contribution in [-0.4, -0.2) is 15.8 Å². The van der Waals surface area contributed by atoms with E-state index in [1.165, 1.54) is 36.4 Å². The number of phenols is 1. The van der Waals surface area contributed by atoms with Crippen molar-refractivity contribution in [3.8, 4) is 5.75 Å². The number of rotatable bonds is 4. The second-order valence-corrected chi connectivity index (χ2v) is 4.10. The van der Waals surface area contributed by atoms with E-state index in [4.69, 9.17) is 0 Å².